The number of hydrogen-bond donors (Lipinski definition) is 1. The van der Waals surface area contributed by atoms with Gasteiger partial charge in [0.2, 0.25) is 0 Å². The highest BCUT2D eigenvalue weighted by atomic mass is 19.4. The molecule has 4 aromatic rings. The minimum absolute atomic E-state index is 0.0290. The average Bonchev–Trinajstić information content (AvgIpc) is 3.18. The zero-order valence-electron chi connectivity index (χ0n) is 14.4. The molecule has 0 atom stereocenters. The van der Waals surface area contributed by atoms with Crippen molar-refractivity contribution in [1.29, 1.82) is 0 Å². The highest BCUT2D eigenvalue weighted by Crippen LogP contribution is 2.37. The first-order valence-electron chi connectivity index (χ1n) is 8.37. The fraction of sp³-hybridized carbons (Fsp3) is 0.100. The molecule has 0 saturated carbocycles. The van der Waals surface area contributed by atoms with Crippen LogP contribution in [0.1, 0.15) is 11.1 Å². The molecular formula is C20H14F3N3O2. The van der Waals surface area contributed by atoms with Crippen LogP contribution in [0, 0.1) is 0 Å². The molecule has 1 N–H and O–H groups in total. The Kier molecular flexibility index (Phi) is 4.38. The van der Waals surface area contributed by atoms with Crippen LogP contribution in [0.2, 0.25) is 0 Å². The molecule has 0 amide bonds. The summed E-state index contributed by atoms with van der Waals surface area (Å²) in [5.41, 5.74) is 0.684. The van der Waals surface area contributed by atoms with E-state index in [9.17, 15) is 18.0 Å². The summed E-state index contributed by atoms with van der Waals surface area (Å²) >= 11 is 0. The van der Waals surface area contributed by atoms with Crippen LogP contribution in [0.3, 0.4) is 0 Å². The largest absolute Gasteiger partial charge is 0.488 e. The van der Waals surface area contributed by atoms with Crippen molar-refractivity contribution in [1.82, 2.24) is 14.6 Å². The number of nitrogens with zero attached hydrogens (tertiary/aromatic N) is 2. The lowest BCUT2D eigenvalue weighted by Crippen LogP contribution is -2.17. The molecule has 28 heavy (non-hydrogen) atoms. The van der Waals surface area contributed by atoms with E-state index in [2.05, 4.69) is 10.2 Å². The highest BCUT2D eigenvalue weighted by Gasteiger charge is 2.31. The number of halogens is 3. The van der Waals surface area contributed by atoms with Crippen molar-refractivity contribution in [3.05, 3.63) is 88.5 Å². The molecule has 0 saturated heterocycles. The van der Waals surface area contributed by atoms with E-state index in [0.29, 0.717) is 16.8 Å². The van der Waals surface area contributed by atoms with Crippen LogP contribution in [-0.4, -0.2) is 14.6 Å². The number of hydrogen-bond acceptors (Lipinski definition) is 3. The van der Waals surface area contributed by atoms with Gasteiger partial charge >= 0.3 is 11.9 Å². The van der Waals surface area contributed by atoms with E-state index in [1.54, 1.807) is 18.3 Å². The van der Waals surface area contributed by atoms with E-state index >= 15 is 0 Å². The number of alkyl halides is 3. The van der Waals surface area contributed by atoms with Crippen LogP contribution in [0.5, 0.6) is 5.75 Å². The first kappa shape index (κ1) is 17.8. The number of nitrogens with one attached hydrogen (secondary N) is 1. The summed E-state index contributed by atoms with van der Waals surface area (Å²) in [5, 5.41) is 6.39. The Hall–Kier alpha value is -3.55. The lowest BCUT2D eigenvalue weighted by molar-refractivity contribution is -0.137. The third-order valence-electron chi connectivity index (χ3n) is 4.27. The van der Waals surface area contributed by atoms with Gasteiger partial charge in [-0.05, 0) is 35.9 Å². The molecule has 0 aliphatic rings. The van der Waals surface area contributed by atoms with Crippen LogP contribution < -0.4 is 10.4 Å². The van der Waals surface area contributed by atoms with Crippen molar-refractivity contribution in [2.24, 2.45) is 0 Å². The van der Waals surface area contributed by atoms with Gasteiger partial charge in [0, 0.05) is 11.8 Å². The average molecular weight is 385 g/mol. The maximum Gasteiger partial charge on any atom is 0.416 e. The van der Waals surface area contributed by atoms with E-state index in [0.717, 1.165) is 17.7 Å². The van der Waals surface area contributed by atoms with Crippen molar-refractivity contribution in [3.8, 4) is 17.0 Å². The molecule has 0 bridgehead atoms. The van der Waals surface area contributed by atoms with Gasteiger partial charge in [-0.15, -0.1) is 0 Å². The molecule has 0 unspecified atom stereocenters. The molecule has 4 rings (SSSR count). The van der Waals surface area contributed by atoms with Gasteiger partial charge < -0.3 is 4.74 Å². The summed E-state index contributed by atoms with van der Waals surface area (Å²) in [4.78, 5) is 11.9. The first-order chi connectivity index (χ1) is 13.4. The molecule has 0 radical (unpaired) electrons. The van der Waals surface area contributed by atoms with Gasteiger partial charge in [0.15, 0.2) is 0 Å². The number of aromatic amines is 1. The second-order valence-corrected chi connectivity index (χ2v) is 6.12. The standard InChI is InChI=1S/C20H14F3N3O2/c21-20(22,23)14-8-9-15(17(11-14)28-12-13-5-2-1-3-6-13)18-16-7-4-10-26(16)19(27)25-24-18/h1-11H,12H2,(H,25,27). The predicted octanol–water partition coefficient (Wildman–Crippen LogP) is 4.29. The monoisotopic (exact) mass is 385 g/mol. The summed E-state index contributed by atoms with van der Waals surface area (Å²) in [6, 6.07) is 15.7. The maximum atomic E-state index is 13.2. The van der Waals surface area contributed by atoms with Crippen LogP contribution >= 0.6 is 0 Å². The summed E-state index contributed by atoms with van der Waals surface area (Å²) in [6.07, 6.45) is -2.96. The molecule has 2 heterocycles. The van der Waals surface area contributed by atoms with E-state index in [1.165, 1.54) is 10.5 Å². The quantitative estimate of drug-likeness (QED) is 0.570. The molecule has 0 aliphatic heterocycles. The third kappa shape index (κ3) is 3.36. The van der Waals surface area contributed by atoms with Crippen molar-refractivity contribution in [3.63, 3.8) is 0 Å². The molecule has 8 heteroatoms. The third-order valence-corrected chi connectivity index (χ3v) is 4.27. The van der Waals surface area contributed by atoms with E-state index in [-0.39, 0.29) is 12.4 Å². The number of ether oxygens (including phenoxy) is 1. The lowest BCUT2D eigenvalue weighted by atomic mass is 10.1. The molecule has 142 valence electrons. The second-order valence-electron chi connectivity index (χ2n) is 6.12. The van der Waals surface area contributed by atoms with Crippen molar-refractivity contribution >= 4 is 5.52 Å². The van der Waals surface area contributed by atoms with Gasteiger partial charge in [0.05, 0.1) is 11.1 Å². The Morgan fingerprint density at radius 2 is 1.82 bits per heavy atom. The topological polar surface area (TPSA) is 59.4 Å². The normalized spacial score (nSPS) is 11.7. The molecule has 0 aliphatic carbocycles. The highest BCUT2D eigenvalue weighted by molar-refractivity contribution is 5.80. The molecule has 0 fully saturated rings. The van der Waals surface area contributed by atoms with Gasteiger partial charge in [-0.25, -0.2) is 9.89 Å². The molecular weight excluding hydrogens is 371 g/mol. The van der Waals surface area contributed by atoms with Gasteiger partial charge in [-0.1, -0.05) is 30.3 Å². The van der Waals surface area contributed by atoms with E-state index in [4.69, 9.17) is 4.74 Å². The van der Waals surface area contributed by atoms with Gasteiger partial charge in [-0.2, -0.15) is 18.3 Å². The number of benzene rings is 2. The number of aromatic nitrogens is 3. The Bertz CT molecular complexity index is 1180. The summed E-state index contributed by atoms with van der Waals surface area (Å²) < 4.78 is 46.7. The summed E-state index contributed by atoms with van der Waals surface area (Å²) in [5.74, 6) is 0.0290. The SMILES string of the molecule is O=c1[nH]nc(-c2ccc(C(F)(F)F)cc2OCc2ccccc2)c2cccn12. The lowest BCUT2D eigenvalue weighted by Gasteiger charge is -2.15. The van der Waals surface area contributed by atoms with Crippen LogP contribution in [0.15, 0.2) is 71.7 Å². The smallest absolute Gasteiger partial charge is 0.416 e. The van der Waals surface area contributed by atoms with Gasteiger partial charge in [0.25, 0.3) is 0 Å². The summed E-state index contributed by atoms with van der Waals surface area (Å²) in [7, 11) is 0. The Labute approximate surface area is 157 Å². The second kappa shape index (κ2) is 6.88. The van der Waals surface area contributed by atoms with Gasteiger partial charge in [0.1, 0.15) is 18.1 Å². The molecule has 2 aromatic heterocycles. The molecule has 2 aromatic carbocycles. The Morgan fingerprint density at radius 1 is 1.04 bits per heavy atom. The molecule has 0 spiro atoms. The zero-order valence-corrected chi connectivity index (χ0v) is 14.4. The number of fused-ring (bicyclic) bond motifs is 1. The van der Waals surface area contributed by atoms with Crippen molar-refractivity contribution in [2.75, 3.05) is 0 Å². The van der Waals surface area contributed by atoms with Crippen molar-refractivity contribution < 1.29 is 17.9 Å². The number of rotatable bonds is 4. The van der Waals surface area contributed by atoms with Crippen molar-refractivity contribution in [2.45, 2.75) is 12.8 Å². The first-order valence-corrected chi connectivity index (χ1v) is 8.37. The van der Waals surface area contributed by atoms with Crippen LogP contribution in [0.25, 0.3) is 16.8 Å². The number of H-pyrrole nitrogens is 1. The van der Waals surface area contributed by atoms with E-state index in [1.807, 2.05) is 30.3 Å². The van der Waals surface area contributed by atoms with Crippen LogP contribution in [-0.2, 0) is 12.8 Å². The maximum absolute atomic E-state index is 13.2. The zero-order chi connectivity index (χ0) is 19.7. The van der Waals surface area contributed by atoms with Gasteiger partial charge in [-0.3, -0.25) is 4.40 Å². The van der Waals surface area contributed by atoms with E-state index < -0.39 is 17.4 Å². The fourth-order valence-corrected chi connectivity index (χ4v) is 2.91. The fourth-order valence-electron chi connectivity index (χ4n) is 2.91. The minimum Gasteiger partial charge on any atom is -0.488 e. The Balaban J connectivity index is 1.82. The van der Waals surface area contributed by atoms with Crippen LogP contribution in [0.4, 0.5) is 13.2 Å². The predicted molar refractivity (Wildman–Crippen MR) is 97.0 cm³/mol. The Morgan fingerprint density at radius 3 is 2.57 bits per heavy atom. The minimum atomic E-state index is -4.51. The summed E-state index contributed by atoms with van der Waals surface area (Å²) in [6.45, 7) is 0.0931. The molecule has 5 nitrogen and oxygen atoms in total.